The molecule has 2 aromatic carbocycles. The van der Waals surface area contributed by atoms with Gasteiger partial charge in [0.1, 0.15) is 0 Å². The molecular formula is C34H39F9N6O3. The number of anilines is 1. The SMILES string of the molecule is CCOC(=O)C[C@H]1CC[C@H](C(=O)N2c3ccc(C(F)(F)F)cc3C(N(Cc3cc(C(F)(F)F)cc(C(F)(F)F)c3)C3=NNNN3C)C[C@H]2CC)CC1. The molecule has 9 nitrogen and oxygen atoms in total. The molecule has 2 aromatic rings. The Hall–Kier alpha value is -4.22. The number of hydrogen-bond donors (Lipinski definition) is 2. The summed E-state index contributed by atoms with van der Waals surface area (Å²) >= 11 is 0. The lowest BCUT2D eigenvalue weighted by Gasteiger charge is -2.46. The van der Waals surface area contributed by atoms with E-state index in [9.17, 15) is 49.1 Å². The van der Waals surface area contributed by atoms with Crippen LogP contribution in [0.1, 0.15) is 92.7 Å². The number of carbonyl (C=O) groups excluding carboxylic acids is 2. The van der Waals surface area contributed by atoms with E-state index in [4.69, 9.17) is 4.74 Å². The molecule has 5 rings (SSSR count). The van der Waals surface area contributed by atoms with E-state index < -0.39 is 65.3 Å². The Kier molecular flexibility index (Phi) is 11.3. The van der Waals surface area contributed by atoms with Gasteiger partial charge in [-0.15, -0.1) is 10.6 Å². The second kappa shape index (κ2) is 15.0. The third-order valence-corrected chi connectivity index (χ3v) is 9.81. The van der Waals surface area contributed by atoms with Crippen molar-refractivity contribution in [1.29, 1.82) is 0 Å². The molecule has 2 N–H and O–H groups in total. The van der Waals surface area contributed by atoms with Gasteiger partial charge < -0.3 is 14.5 Å². The van der Waals surface area contributed by atoms with E-state index in [0.29, 0.717) is 44.2 Å². The highest BCUT2D eigenvalue weighted by atomic mass is 19.4. The molecule has 1 fully saturated rings. The van der Waals surface area contributed by atoms with Gasteiger partial charge >= 0.3 is 24.5 Å². The smallest absolute Gasteiger partial charge is 0.416 e. The first-order valence-corrected chi connectivity index (χ1v) is 16.9. The van der Waals surface area contributed by atoms with Crippen molar-refractivity contribution in [3.8, 4) is 0 Å². The van der Waals surface area contributed by atoms with Crippen LogP contribution in [0.5, 0.6) is 0 Å². The number of hydrazine groups is 2. The van der Waals surface area contributed by atoms with Gasteiger partial charge in [0.05, 0.1) is 29.3 Å². The van der Waals surface area contributed by atoms with Gasteiger partial charge in [0.25, 0.3) is 0 Å². The molecule has 2 heterocycles. The summed E-state index contributed by atoms with van der Waals surface area (Å²) in [5.74, 6) is -1.12. The topological polar surface area (TPSA) is 89.5 Å². The van der Waals surface area contributed by atoms with Crippen LogP contribution >= 0.6 is 0 Å². The van der Waals surface area contributed by atoms with Crippen molar-refractivity contribution < 1.29 is 53.8 Å². The van der Waals surface area contributed by atoms with Crippen molar-refractivity contribution in [2.45, 2.75) is 96.0 Å². The summed E-state index contributed by atoms with van der Waals surface area (Å²) in [5, 5.41) is 5.41. The van der Waals surface area contributed by atoms with E-state index in [2.05, 4.69) is 16.2 Å². The number of hydrazone groups is 1. The fourth-order valence-corrected chi connectivity index (χ4v) is 7.27. The number of halogens is 9. The average Bonchev–Trinajstić information content (AvgIpc) is 3.50. The Labute approximate surface area is 294 Å². The molecule has 2 aliphatic heterocycles. The normalized spacial score (nSPS) is 22.4. The number of carbonyl (C=O) groups is 2. The molecule has 1 unspecified atom stereocenters. The lowest BCUT2D eigenvalue weighted by Crippen LogP contribution is -2.52. The summed E-state index contributed by atoms with van der Waals surface area (Å²) in [5.41, 5.74) is 0.711. The Morgan fingerprint density at radius 1 is 0.885 bits per heavy atom. The van der Waals surface area contributed by atoms with Crippen LogP contribution in [0.3, 0.4) is 0 Å². The molecule has 1 aliphatic carbocycles. The molecule has 2 atom stereocenters. The molecule has 0 bridgehead atoms. The van der Waals surface area contributed by atoms with Gasteiger partial charge in [-0.1, -0.05) is 6.92 Å². The first kappa shape index (κ1) is 39.0. The Morgan fingerprint density at radius 2 is 1.50 bits per heavy atom. The fraction of sp³-hybridized carbons (Fsp3) is 0.559. The zero-order chi connectivity index (χ0) is 38.2. The number of hydrogen-bond acceptors (Lipinski definition) is 8. The summed E-state index contributed by atoms with van der Waals surface area (Å²) in [4.78, 5) is 29.1. The average molecular weight is 751 g/mol. The quantitative estimate of drug-likeness (QED) is 0.211. The van der Waals surface area contributed by atoms with E-state index in [0.717, 1.165) is 12.1 Å². The zero-order valence-electron chi connectivity index (χ0n) is 28.6. The number of nitrogens with one attached hydrogen (secondary N) is 2. The van der Waals surface area contributed by atoms with Crippen LogP contribution in [-0.4, -0.2) is 47.4 Å². The predicted molar refractivity (Wildman–Crippen MR) is 171 cm³/mol. The number of rotatable bonds is 8. The number of alkyl halides is 9. The van der Waals surface area contributed by atoms with Crippen LogP contribution in [0.2, 0.25) is 0 Å². The number of amides is 1. The van der Waals surface area contributed by atoms with Crippen molar-refractivity contribution >= 4 is 23.5 Å². The van der Waals surface area contributed by atoms with Crippen molar-refractivity contribution in [1.82, 2.24) is 21.0 Å². The molecule has 0 aromatic heterocycles. The van der Waals surface area contributed by atoms with E-state index >= 15 is 0 Å². The van der Waals surface area contributed by atoms with Crippen molar-refractivity contribution in [2.24, 2.45) is 16.9 Å². The molecular weight excluding hydrogens is 711 g/mol. The second-order valence-corrected chi connectivity index (χ2v) is 13.3. The van der Waals surface area contributed by atoms with E-state index in [-0.39, 0.29) is 60.5 Å². The van der Waals surface area contributed by atoms with Crippen LogP contribution in [-0.2, 0) is 39.4 Å². The number of esters is 1. The van der Waals surface area contributed by atoms with Crippen molar-refractivity contribution in [3.63, 3.8) is 0 Å². The van der Waals surface area contributed by atoms with Gasteiger partial charge in [-0.3, -0.25) is 14.6 Å². The van der Waals surface area contributed by atoms with Crippen LogP contribution < -0.4 is 16.0 Å². The number of ether oxygens (including phenoxy) is 1. The maximum absolute atomic E-state index is 14.3. The van der Waals surface area contributed by atoms with Crippen LogP contribution in [0, 0.1) is 11.8 Å². The third-order valence-electron chi connectivity index (χ3n) is 9.81. The summed E-state index contributed by atoms with van der Waals surface area (Å²) in [6, 6.07) is 2.36. The largest absolute Gasteiger partial charge is 0.466 e. The highest BCUT2D eigenvalue weighted by molar-refractivity contribution is 5.97. The Bertz CT molecular complexity index is 1620. The van der Waals surface area contributed by atoms with Gasteiger partial charge in [0, 0.05) is 37.7 Å². The first-order valence-electron chi connectivity index (χ1n) is 16.9. The van der Waals surface area contributed by atoms with Crippen LogP contribution in [0.15, 0.2) is 41.5 Å². The fourth-order valence-electron chi connectivity index (χ4n) is 7.27. The van der Waals surface area contributed by atoms with Crippen LogP contribution in [0.25, 0.3) is 0 Å². The van der Waals surface area contributed by atoms with Gasteiger partial charge in [0.2, 0.25) is 11.9 Å². The minimum atomic E-state index is -5.13. The van der Waals surface area contributed by atoms with Gasteiger partial charge in [0.15, 0.2) is 0 Å². The van der Waals surface area contributed by atoms with Gasteiger partial charge in [-0.2, -0.15) is 39.5 Å². The number of guanidine groups is 1. The zero-order valence-corrected chi connectivity index (χ0v) is 28.6. The summed E-state index contributed by atoms with van der Waals surface area (Å²) < 4.78 is 131. The maximum Gasteiger partial charge on any atom is 0.416 e. The highest BCUT2D eigenvalue weighted by Crippen LogP contribution is 2.47. The molecule has 286 valence electrons. The summed E-state index contributed by atoms with van der Waals surface area (Å²) in [6.07, 6.45) is -12.5. The molecule has 3 aliphatic rings. The standard InChI is InChI=1S/C34H39F9N6O3/c1-4-25-17-28(48(31-44-45-46-47(31)3)18-20-12-23(33(38,39)40)15-24(13-20)34(41,42)43)26-16-22(32(35,36)37)10-11-27(26)49(25)30(51)21-8-6-19(7-9-21)14-29(50)52-5-2/h10-13,15-16,19,21,25,28,45-46H,4-9,14,17-18H2,1-3H3/t19-,21-,25-,28?/m1/s1. The third kappa shape index (κ3) is 8.52. The molecule has 1 amide bonds. The minimum absolute atomic E-state index is 0.00258. The minimum Gasteiger partial charge on any atom is -0.466 e. The number of fused-ring (bicyclic) bond motifs is 1. The summed E-state index contributed by atoms with van der Waals surface area (Å²) in [7, 11) is 1.46. The molecule has 0 spiro atoms. The summed E-state index contributed by atoms with van der Waals surface area (Å²) in [6.45, 7) is 3.12. The first-order chi connectivity index (χ1) is 24.3. The molecule has 18 heteroatoms. The predicted octanol–water partition coefficient (Wildman–Crippen LogP) is 7.79. The van der Waals surface area contributed by atoms with E-state index in [1.54, 1.807) is 13.8 Å². The van der Waals surface area contributed by atoms with Crippen molar-refractivity contribution in [3.05, 3.63) is 64.2 Å². The van der Waals surface area contributed by atoms with Gasteiger partial charge in [-0.05, 0) is 98.9 Å². The molecule has 0 radical (unpaired) electrons. The van der Waals surface area contributed by atoms with Crippen LogP contribution in [0.4, 0.5) is 45.2 Å². The van der Waals surface area contributed by atoms with E-state index in [1.165, 1.54) is 27.9 Å². The number of nitrogens with zero attached hydrogens (tertiary/aromatic N) is 4. The van der Waals surface area contributed by atoms with E-state index in [1.807, 2.05) is 0 Å². The Morgan fingerprint density at radius 3 is 2.02 bits per heavy atom. The lowest BCUT2D eigenvalue weighted by molar-refractivity contribution is -0.145. The second-order valence-electron chi connectivity index (χ2n) is 13.3. The lowest BCUT2D eigenvalue weighted by atomic mass is 9.78. The molecule has 1 saturated carbocycles. The highest BCUT2D eigenvalue weighted by Gasteiger charge is 2.44. The molecule has 0 saturated heterocycles. The Balaban J connectivity index is 1.57. The van der Waals surface area contributed by atoms with Crippen molar-refractivity contribution in [2.75, 3.05) is 18.6 Å². The monoisotopic (exact) mass is 750 g/mol. The number of benzene rings is 2. The van der Waals surface area contributed by atoms with Gasteiger partial charge in [-0.25, -0.2) is 5.53 Å². The molecule has 52 heavy (non-hydrogen) atoms. The maximum atomic E-state index is 14.3.